The summed E-state index contributed by atoms with van der Waals surface area (Å²) in [4.78, 5) is 10.6. The fraction of sp³-hybridized carbons (Fsp3) is 0.571. The third kappa shape index (κ3) is 2.06. The number of thioether (sulfide) groups is 1. The Kier molecular flexibility index (Phi) is 2.81. The van der Waals surface area contributed by atoms with Gasteiger partial charge in [-0.25, -0.2) is 0 Å². The topological polar surface area (TPSA) is 29.1 Å². The number of carbonyl (C=O) groups excluding carboxylic acids is 1. The van der Waals surface area contributed by atoms with Gasteiger partial charge >= 0.3 is 0 Å². The van der Waals surface area contributed by atoms with Crippen LogP contribution in [-0.4, -0.2) is 17.0 Å². The van der Waals surface area contributed by atoms with E-state index in [0.29, 0.717) is 0 Å². The molecule has 1 atom stereocenters. The molecule has 2 nitrogen and oxygen atoms in total. The first kappa shape index (κ1) is 7.66. The molecule has 1 aliphatic heterocycles. The Morgan fingerprint density at radius 3 is 3.20 bits per heavy atom. The fourth-order valence-electron chi connectivity index (χ4n) is 0.804. The van der Waals surface area contributed by atoms with Gasteiger partial charge in [0.2, 0.25) is 0 Å². The number of allylic oxidation sites excluding steroid dienone is 1. The van der Waals surface area contributed by atoms with Crippen LogP contribution in [0, 0.1) is 0 Å². The van der Waals surface area contributed by atoms with Crippen LogP contribution in [0.2, 0.25) is 0 Å². The number of rotatable bonds is 2. The minimum absolute atomic E-state index is 0.103. The van der Waals surface area contributed by atoms with Crippen molar-refractivity contribution in [1.29, 1.82) is 0 Å². The monoisotopic (exact) mass is 157 g/mol. The minimum Gasteiger partial charge on any atom is -0.340 e. The number of hydrogen-bond acceptors (Lipinski definition) is 2. The predicted octanol–water partition coefficient (Wildman–Crippen LogP) is 1.78. The Morgan fingerprint density at radius 1 is 1.90 bits per heavy atom. The zero-order valence-corrected chi connectivity index (χ0v) is 6.78. The van der Waals surface area contributed by atoms with Crippen molar-refractivity contribution in [3.8, 4) is 0 Å². The highest BCUT2D eigenvalue weighted by Crippen LogP contribution is 2.13. The van der Waals surface area contributed by atoms with Gasteiger partial charge in [-0.3, -0.25) is 4.79 Å². The van der Waals surface area contributed by atoms with Crippen LogP contribution in [0.3, 0.4) is 0 Å². The van der Waals surface area contributed by atoms with E-state index in [9.17, 15) is 4.79 Å². The van der Waals surface area contributed by atoms with Crippen LogP contribution in [0.25, 0.3) is 0 Å². The van der Waals surface area contributed by atoms with Gasteiger partial charge in [0.25, 0.3) is 5.24 Å². The zero-order valence-electron chi connectivity index (χ0n) is 5.96. The third-order valence-electron chi connectivity index (χ3n) is 1.30. The quantitative estimate of drug-likeness (QED) is 0.619. The van der Waals surface area contributed by atoms with Crippen LogP contribution in [-0.2, 0) is 0 Å². The lowest BCUT2D eigenvalue weighted by Crippen LogP contribution is -2.23. The second-order valence-electron chi connectivity index (χ2n) is 2.19. The average molecular weight is 157 g/mol. The molecule has 0 aromatic heterocycles. The van der Waals surface area contributed by atoms with E-state index >= 15 is 0 Å². The lowest BCUT2D eigenvalue weighted by molar-refractivity contribution is 0.261. The Balaban J connectivity index is 2.31. The fourth-order valence-corrected chi connectivity index (χ4v) is 1.56. The summed E-state index contributed by atoms with van der Waals surface area (Å²) in [5, 5.41) is 2.93. The summed E-state index contributed by atoms with van der Waals surface area (Å²) in [6.07, 6.45) is 5.17. The van der Waals surface area contributed by atoms with Gasteiger partial charge in [0.15, 0.2) is 0 Å². The molecule has 0 unspecified atom stereocenters. The molecule has 0 aromatic carbocycles. The van der Waals surface area contributed by atoms with E-state index in [1.807, 2.05) is 0 Å². The maximum atomic E-state index is 10.6. The van der Waals surface area contributed by atoms with Crippen molar-refractivity contribution in [2.24, 2.45) is 0 Å². The molecule has 0 spiro atoms. The van der Waals surface area contributed by atoms with E-state index in [4.69, 9.17) is 0 Å². The van der Waals surface area contributed by atoms with Gasteiger partial charge in [-0.05, 0) is 6.42 Å². The number of nitrogens with one attached hydrogen (secondary N) is 1. The molecule has 1 heterocycles. The molecule has 1 N–H and O–H groups in total. The Bertz CT molecular complexity index is 156. The highest BCUT2D eigenvalue weighted by Gasteiger charge is 2.17. The molecule has 0 aliphatic carbocycles. The van der Waals surface area contributed by atoms with Crippen LogP contribution < -0.4 is 5.32 Å². The number of hydrogen-bond donors (Lipinski definition) is 1. The van der Waals surface area contributed by atoms with Gasteiger partial charge in [-0.15, -0.1) is 0 Å². The molecule has 10 heavy (non-hydrogen) atoms. The summed E-state index contributed by atoms with van der Waals surface area (Å²) < 4.78 is 0. The van der Waals surface area contributed by atoms with Crippen molar-refractivity contribution >= 4 is 17.0 Å². The van der Waals surface area contributed by atoms with E-state index in [-0.39, 0.29) is 11.3 Å². The predicted molar refractivity (Wildman–Crippen MR) is 44.2 cm³/mol. The first-order chi connectivity index (χ1) is 4.83. The largest absolute Gasteiger partial charge is 0.340 e. The molecular weight excluding hydrogens is 146 g/mol. The van der Waals surface area contributed by atoms with Gasteiger partial charge in [0.05, 0.1) is 6.04 Å². The van der Waals surface area contributed by atoms with E-state index in [1.54, 1.807) is 0 Å². The third-order valence-corrected chi connectivity index (χ3v) is 2.21. The highest BCUT2D eigenvalue weighted by molar-refractivity contribution is 8.14. The zero-order chi connectivity index (χ0) is 7.40. The van der Waals surface area contributed by atoms with Crippen molar-refractivity contribution < 1.29 is 4.79 Å². The van der Waals surface area contributed by atoms with E-state index in [1.165, 1.54) is 11.8 Å². The second-order valence-corrected chi connectivity index (χ2v) is 3.18. The molecule has 1 fully saturated rings. The Hall–Kier alpha value is -0.440. The second kappa shape index (κ2) is 3.66. The average Bonchev–Trinajstić information content (AvgIpc) is 2.31. The standard InChI is InChI=1S/C7H11NOS/c1-2-3-4-6-5-10-7(9)8-6/h3-4,6H,2,5H2,1H3,(H,8,9)/b4-3+/t6-/m1/s1. The molecule has 3 heteroatoms. The summed E-state index contributed by atoms with van der Waals surface area (Å²) >= 11 is 1.35. The summed E-state index contributed by atoms with van der Waals surface area (Å²) in [6.45, 7) is 2.08. The molecule has 1 amide bonds. The summed E-state index contributed by atoms with van der Waals surface area (Å²) in [7, 11) is 0. The van der Waals surface area contributed by atoms with E-state index in [2.05, 4.69) is 24.4 Å². The lowest BCUT2D eigenvalue weighted by atomic mass is 10.3. The molecule has 0 radical (unpaired) electrons. The van der Waals surface area contributed by atoms with Crippen molar-refractivity contribution in [2.45, 2.75) is 19.4 Å². The Labute approximate surface area is 65.1 Å². The highest BCUT2D eigenvalue weighted by atomic mass is 32.2. The van der Waals surface area contributed by atoms with Crippen LogP contribution in [0.1, 0.15) is 13.3 Å². The number of carbonyl (C=O) groups is 1. The van der Waals surface area contributed by atoms with Gasteiger partial charge in [-0.1, -0.05) is 30.8 Å². The first-order valence-corrected chi connectivity index (χ1v) is 4.41. The van der Waals surface area contributed by atoms with E-state index in [0.717, 1.165) is 12.2 Å². The summed E-state index contributed by atoms with van der Waals surface area (Å²) in [5.74, 6) is 0.884. The maximum absolute atomic E-state index is 10.6. The molecule has 1 saturated heterocycles. The maximum Gasteiger partial charge on any atom is 0.279 e. The molecular formula is C7H11NOS. The summed E-state index contributed by atoms with van der Waals surface area (Å²) in [6, 6.07) is 0.275. The normalized spacial score (nSPS) is 25.7. The Morgan fingerprint density at radius 2 is 2.70 bits per heavy atom. The lowest BCUT2D eigenvalue weighted by Gasteiger charge is -1.98. The molecule has 0 aromatic rings. The smallest absolute Gasteiger partial charge is 0.279 e. The van der Waals surface area contributed by atoms with Crippen molar-refractivity contribution in [3.05, 3.63) is 12.2 Å². The van der Waals surface area contributed by atoms with Gasteiger partial charge in [0, 0.05) is 5.75 Å². The first-order valence-electron chi connectivity index (χ1n) is 3.43. The van der Waals surface area contributed by atoms with Crippen LogP contribution >= 0.6 is 11.8 Å². The minimum atomic E-state index is 0.103. The molecule has 0 saturated carbocycles. The van der Waals surface area contributed by atoms with Gasteiger partial charge < -0.3 is 5.32 Å². The molecule has 56 valence electrons. The SMILES string of the molecule is CC/C=C/[C@@H]1CSC(=O)N1. The van der Waals surface area contributed by atoms with Crippen molar-refractivity contribution in [1.82, 2.24) is 5.32 Å². The molecule has 1 aliphatic rings. The van der Waals surface area contributed by atoms with Crippen LogP contribution in [0.15, 0.2) is 12.2 Å². The summed E-state index contributed by atoms with van der Waals surface area (Å²) in [5.41, 5.74) is 0. The number of amides is 1. The van der Waals surface area contributed by atoms with Crippen molar-refractivity contribution in [3.63, 3.8) is 0 Å². The molecule has 1 rings (SSSR count). The van der Waals surface area contributed by atoms with Crippen LogP contribution in [0.5, 0.6) is 0 Å². The van der Waals surface area contributed by atoms with Gasteiger partial charge in [-0.2, -0.15) is 0 Å². The van der Waals surface area contributed by atoms with E-state index < -0.39 is 0 Å². The van der Waals surface area contributed by atoms with Crippen LogP contribution in [0.4, 0.5) is 4.79 Å². The molecule has 0 bridgehead atoms. The van der Waals surface area contributed by atoms with Gasteiger partial charge in [0.1, 0.15) is 0 Å². The van der Waals surface area contributed by atoms with Crippen molar-refractivity contribution in [2.75, 3.05) is 5.75 Å².